The number of hydrogen-bond donors (Lipinski definition) is 2. The first-order valence-electron chi connectivity index (χ1n) is 6.91. The molecule has 0 aliphatic heterocycles. The minimum absolute atomic E-state index is 0.0181. The predicted molar refractivity (Wildman–Crippen MR) is 74.0 cm³/mol. The number of aromatic nitrogens is 2. The predicted octanol–water partition coefficient (Wildman–Crippen LogP) is 1.82. The van der Waals surface area contributed by atoms with Crippen molar-refractivity contribution in [2.45, 2.75) is 56.9 Å². The van der Waals surface area contributed by atoms with Crippen LogP contribution in [0.15, 0.2) is 12.3 Å². The van der Waals surface area contributed by atoms with Gasteiger partial charge in [-0.2, -0.15) is 0 Å². The third-order valence-corrected chi connectivity index (χ3v) is 3.42. The summed E-state index contributed by atoms with van der Waals surface area (Å²) < 4.78 is 19.6. The van der Waals surface area contributed by atoms with Crippen molar-refractivity contribution in [3.8, 4) is 0 Å². The van der Waals surface area contributed by atoms with Crippen LogP contribution in [0.5, 0.6) is 0 Å². The minimum atomic E-state index is -1.07. The summed E-state index contributed by atoms with van der Waals surface area (Å²) in [6.07, 6.45) is 1.77. The van der Waals surface area contributed by atoms with Gasteiger partial charge in [0.2, 0.25) is 0 Å². The average molecular weight is 283 g/mol. The molecule has 0 saturated heterocycles. The zero-order valence-corrected chi connectivity index (χ0v) is 11.9. The van der Waals surface area contributed by atoms with Crippen molar-refractivity contribution in [3.05, 3.63) is 18.1 Å². The van der Waals surface area contributed by atoms with Crippen LogP contribution < -0.4 is 5.73 Å². The molecule has 1 aliphatic carbocycles. The van der Waals surface area contributed by atoms with Gasteiger partial charge in [-0.05, 0) is 39.2 Å². The van der Waals surface area contributed by atoms with Crippen molar-refractivity contribution in [2.75, 3.05) is 12.3 Å². The van der Waals surface area contributed by atoms with Crippen molar-refractivity contribution < 1.29 is 14.2 Å². The van der Waals surface area contributed by atoms with Gasteiger partial charge in [0.1, 0.15) is 17.8 Å². The van der Waals surface area contributed by atoms with E-state index in [1.54, 1.807) is 26.1 Å². The topological polar surface area (TPSA) is 81.3 Å². The van der Waals surface area contributed by atoms with E-state index in [1.165, 1.54) is 0 Å². The van der Waals surface area contributed by atoms with Gasteiger partial charge in [0.25, 0.3) is 0 Å². The number of nitrogens with zero attached hydrogens (tertiary/aromatic N) is 2. The molecule has 0 amide bonds. The van der Waals surface area contributed by atoms with Gasteiger partial charge in [0, 0.05) is 12.1 Å². The second kappa shape index (κ2) is 6.01. The van der Waals surface area contributed by atoms with Crippen LogP contribution in [0.4, 0.5) is 10.2 Å². The standard InChI is InChI=1S/C14H22FN3O2/c1-14(2,19)8-20-11-4-3-9(7-10(11)15)13-17-6-5-12(16)18-13/h5-6,9-11,19H,3-4,7-8H2,1-2H3,(H2,16,17,18)/t9?,10-,11+/m1/s1. The number of nitrogen functional groups attached to an aromatic ring is 1. The normalized spacial score (nSPS) is 27.5. The van der Waals surface area contributed by atoms with Gasteiger partial charge < -0.3 is 15.6 Å². The van der Waals surface area contributed by atoms with E-state index in [-0.39, 0.29) is 12.5 Å². The third-order valence-electron chi connectivity index (χ3n) is 3.42. The molecule has 3 N–H and O–H groups in total. The van der Waals surface area contributed by atoms with E-state index in [0.717, 1.165) is 6.42 Å². The summed E-state index contributed by atoms with van der Waals surface area (Å²) in [5.74, 6) is 0.995. The van der Waals surface area contributed by atoms with E-state index in [9.17, 15) is 9.50 Å². The smallest absolute Gasteiger partial charge is 0.133 e. The number of halogens is 1. The van der Waals surface area contributed by atoms with Gasteiger partial charge in [0.05, 0.1) is 18.3 Å². The number of anilines is 1. The molecule has 1 heterocycles. The molecule has 20 heavy (non-hydrogen) atoms. The van der Waals surface area contributed by atoms with E-state index >= 15 is 0 Å². The summed E-state index contributed by atoms with van der Waals surface area (Å²) in [7, 11) is 0. The Kier molecular flexibility index (Phi) is 4.55. The molecule has 112 valence electrons. The lowest BCUT2D eigenvalue weighted by atomic mass is 9.85. The minimum Gasteiger partial charge on any atom is -0.388 e. The van der Waals surface area contributed by atoms with Crippen LogP contribution in [0.25, 0.3) is 0 Å². The Morgan fingerprint density at radius 2 is 2.25 bits per heavy atom. The number of aliphatic hydroxyl groups is 1. The first kappa shape index (κ1) is 15.1. The number of hydrogen-bond acceptors (Lipinski definition) is 5. The Morgan fingerprint density at radius 1 is 1.50 bits per heavy atom. The van der Waals surface area contributed by atoms with Crippen LogP contribution in [0.1, 0.15) is 44.9 Å². The second-order valence-corrected chi connectivity index (χ2v) is 6.03. The summed E-state index contributed by atoms with van der Waals surface area (Å²) in [4.78, 5) is 8.33. The highest BCUT2D eigenvalue weighted by atomic mass is 19.1. The maximum atomic E-state index is 14.2. The number of nitrogens with two attached hydrogens (primary N) is 1. The molecule has 3 atom stereocenters. The lowest BCUT2D eigenvalue weighted by Crippen LogP contribution is -2.37. The van der Waals surface area contributed by atoms with Gasteiger partial charge in [0.15, 0.2) is 0 Å². The molecule has 1 unspecified atom stereocenters. The lowest BCUT2D eigenvalue weighted by molar-refractivity contribution is -0.0886. The lowest BCUT2D eigenvalue weighted by Gasteiger charge is -2.32. The van der Waals surface area contributed by atoms with Crippen molar-refractivity contribution in [1.82, 2.24) is 9.97 Å². The molecule has 0 radical (unpaired) electrons. The zero-order valence-electron chi connectivity index (χ0n) is 11.9. The van der Waals surface area contributed by atoms with Gasteiger partial charge in [-0.25, -0.2) is 14.4 Å². The van der Waals surface area contributed by atoms with Crippen LogP contribution in [0.3, 0.4) is 0 Å². The maximum absolute atomic E-state index is 14.2. The molecule has 2 rings (SSSR count). The summed E-state index contributed by atoms with van der Waals surface area (Å²) >= 11 is 0. The van der Waals surface area contributed by atoms with Gasteiger partial charge in [-0.15, -0.1) is 0 Å². The molecule has 0 aromatic carbocycles. The summed E-state index contributed by atoms with van der Waals surface area (Å²) in [6, 6.07) is 1.62. The summed E-state index contributed by atoms with van der Waals surface area (Å²) in [5, 5.41) is 9.61. The molecule has 1 aromatic rings. The molecule has 1 aliphatic rings. The molecule has 0 spiro atoms. The third kappa shape index (κ3) is 4.11. The monoisotopic (exact) mass is 283 g/mol. The fourth-order valence-corrected chi connectivity index (χ4v) is 2.41. The largest absolute Gasteiger partial charge is 0.388 e. The van der Waals surface area contributed by atoms with E-state index in [4.69, 9.17) is 10.5 Å². The fraction of sp³-hybridized carbons (Fsp3) is 0.714. The van der Waals surface area contributed by atoms with Crippen molar-refractivity contribution in [3.63, 3.8) is 0 Å². The molecule has 1 aromatic heterocycles. The van der Waals surface area contributed by atoms with Crippen LogP contribution in [-0.2, 0) is 4.74 Å². The Morgan fingerprint density at radius 3 is 2.85 bits per heavy atom. The van der Waals surface area contributed by atoms with Gasteiger partial charge in [-0.1, -0.05) is 0 Å². The molecule has 0 bridgehead atoms. The average Bonchev–Trinajstić information content (AvgIpc) is 2.36. The van der Waals surface area contributed by atoms with Crippen molar-refractivity contribution in [2.24, 2.45) is 0 Å². The van der Waals surface area contributed by atoms with E-state index in [2.05, 4.69) is 9.97 Å². The highest BCUT2D eigenvalue weighted by Gasteiger charge is 2.34. The van der Waals surface area contributed by atoms with E-state index in [1.807, 2.05) is 0 Å². The first-order chi connectivity index (χ1) is 9.35. The second-order valence-electron chi connectivity index (χ2n) is 6.03. The maximum Gasteiger partial charge on any atom is 0.133 e. The Bertz CT molecular complexity index is 450. The fourth-order valence-electron chi connectivity index (χ4n) is 2.41. The van der Waals surface area contributed by atoms with Gasteiger partial charge >= 0.3 is 0 Å². The molecular weight excluding hydrogens is 261 g/mol. The number of alkyl halides is 1. The van der Waals surface area contributed by atoms with Gasteiger partial charge in [-0.3, -0.25) is 0 Å². The Balaban J connectivity index is 1.92. The number of ether oxygens (including phenoxy) is 1. The van der Waals surface area contributed by atoms with Crippen molar-refractivity contribution >= 4 is 5.82 Å². The highest BCUT2D eigenvalue weighted by Crippen LogP contribution is 2.34. The van der Waals surface area contributed by atoms with Crippen LogP contribution in [0, 0.1) is 0 Å². The molecular formula is C14H22FN3O2. The first-order valence-corrected chi connectivity index (χ1v) is 6.91. The summed E-state index contributed by atoms with van der Waals surface area (Å²) in [6.45, 7) is 3.43. The van der Waals surface area contributed by atoms with Crippen molar-refractivity contribution in [1.29, 1.82) is 0 Å². The Hall–Kier alpha value is -1.27. The summed E-state index contributed by atoms with van der Waals surface area (Å²) in [5.41, 5.74) is 4.69. The van der Waals surface area contributed by atoms with Crippen LogP contribution in [-0.4, -0.2) is 39.6 Å². The highest BCUT2D eigenvalue weighted by molar-refractivity contribution is 5.26. The Labute approximate surface area is 118 Å². The molecule has 1 fully saturated rings. The van der Waals surface area contributed by atoms with E-state index < -0.39 is 17.9 Å². The molecule has 6 heteroatoms. The van der Waals surface area contributed by atoms with E-state index in [0.29, 0.717) is 24.5 Å². The SMILES string of the molecule is CC(C)(O)CO[C@H]1CCC(c2nccc(N)n2)C[C@H]1F. The molecule has 1 saturated carbocycles. The van der Waals surface area contributed by atoms with Crippen LogP contribution in [0.2, 0.25) is 0 Å². The molecule has 5 nitrogen and oxygen atoms in total. The quantitative estimate of drug-likeness (QED) is 0.881. The van der Waals surface area contributed by atoms with Crippen LogP contribution >= 0.6 is 0 Å². The zero-order chi connectivity index (χ0) is 14.8. The number of rotatable bonds is 4.